The van der Waals surface area contributed by atoms with Crippen LogP contribution in [0.2, 0.25) is 0 Å². The Bertz CT molecular complexity index is 736. The second kappa shape index (κ2) is 8.53. The van der Waals surface area contributed by atoms with Gasteiger partial charge in [0.1, 0.15) is 12.3 Å². The van der Waals surface area contributed by atoms with E-state index in [4.69, 9.17) is 22.2 Å². The lowest BCUT2D eigenvalue weighted by molar-refractivity contribution is 0.143. The molecule has 0 saturated carbocycles. The maximum Gasteiger partial charge on any atom is 0.414 e. The van der Waals surface area contributed by atoms with E-state index in [9.17, 15) is 9.18 Å². The van der Waals surface area contributed by atoms with Crippen molar-refractivity contribution in [2.75, 3.05) is 36.0 Å². The smallest absolute Gasteiger partial charge is 0.414 e. The molecule has 6 nitrogen and oxygen atoms in total. The van der Waals surface area contributed by atoms with Crippen molar-refractivity contribution in [1.29, 1.82) is 5.26 Å². The SMILES string of the molecule is CC(=S)NC[C@H]1CN(c2ccc(N3CCC(CC#N)C(F)C3)cc2)C(=O)O1. The van der Waals surface area contributed by atoms with Crippen LogP contribution >= 0.6 is 12.2 Å². The number of carbonyl (C=O) groups excluding carboxylic acids is 1. The number of piperidine rings is 1. The van der Waals surface area contributed by atoms with E-state index in [0.29, 0.717) is 31.0 Å². The molecular weight excluding hydrogens is 367 g/mol. The van der Waals surface area contributed by atoms with Gasteiger partial charge < -0.3 is 15.0 Å². The molecule has 144 valence electrons. The van der Waals surface area contributed by atoms with E-state index in [2.05, 4.69) is 11.4 Å². The number of nitriles is 1. The minimum Gasteiger partial charge on any atom is -0.442 e. The quantitative estimate of drug-likeness (QED) is 0.780. The van der Waals surface area contributed by atoms with E-state index < -0.39 is 6.17 Å². The second-order valence-electron chi connectivity index (χ2n) is 6.94. The summed E-state index contributed by atoms with van der Waals surface area (Å²) in [6.07, 6.45) is -0.684. The normalized spacial score (nSPS) is 25.1. The number of benzene rings is 1. The molecule has 0 radical (unpaired) electrons. The highest BCUT2D eigenvalue weighted by molar-refractivity contribution is 7.80. The first kappa shape index (κ1) is 19.4. The van der Waals surface area contributed by atoms with Crippen molar-refractivity contribution in [3.05, 3.63) is 24.3 Å². The fourth-order valence-electron chi connectivity index (χ4n) is 3.47. The molecule has 2 aliphatic heterocycles. The zero-order valence-corrected chi connectivity index (χ0v) is 16.0. The van der Waals surface area contributed by atoms with Gasteiger partial charge in [-0.15, -0.1) is 0 Å². The molecule has 0 spiro atoms. The molecule has 1 aromatic rings. The highest BCUT2D eigenvalue weighted by atomic mass is 32.1. The summed E-state index contributed by atoms with van der Waals surface area (Å²) >= 11 is 4.98. The van der Waals surface area contributed by atoms with Crippen LogP contribution in [0.25, 0.3) is 0 Å². The number of hydrogen-bond acceptors (Lipinski definition) is 5. The molecule has 3 rings (SSSR count). The summed E-state index contributed by atoms with van der Waals surface area (Å²) in [7, 11) is 0. The van der Waals surface area contributed by atoms with Gasteiger partial charge in [0.25, 0.3) is 0 Å². The molecule has 2 heterocycles. The van der Waals surface area contributed by atoms with Gasteiger partial charge in [-0.2, -0.15) is 5.26 Å². The predicted octanol–water partition coefficient (Wildman–Crippen LogP) is 3.03. The van der Waals surface area contributed by atoms with Gasteiger partial charge >= 0.3 is 6.09 Å². The van der Waals surface area contributed by atoms with Gasteiger partial charge in [0, 0.05) is 36.8 Å². The van der Waals surface area contributed by atoms with Crippen molar-refractivity contribution in [2.45, 2.75) is 32.0 Å². The summed E-state index contributed by atoms with van der Waals surface area (Å²) in [5, 5.41) is 11.8. The van der Waals surface area contributed by atoms with Crippen LogP contribution in [-0.4, -0.2) is 49.5 Å². The Morgan fingerprint density at radius 1 is 1.37 bits per heavy atom. The van der Waals surface area contributed by atoms with Crippen molar-refractivity contribution in [1.82, 2.24) is 5.32 Å². The Morgan fingerprint density at radius 3 is 2.70 bits per heavy atom. The summed E-state index contributed by atoms with van der Waals surface area (Å²) < 4.78 is 19.6. The Morgan fingerprint density at radius 2 is 2.07 bits per heavy atom. The summed E-state index contributed by atoms with van der Waals surface area (Å²) in [4.78, 5) is 16.4. The van der Waals surface area contributed by atoms with Crippen LogP contribution in [0.5, 0.6) is 0 Å². The van der Waals surface area contributed by atoms with Crippen molar-refractivity contribution >= 4 is 34.7 Å². The minimum atomic E-state index is -0.996. The monoisotopic (exact) mass is 390 g/mol. The Labute approximate surface area is 163 Å². The van der Waals surface area contributed by atoms with Crippen LogP contribution in [0.15, 0.2) is 24.3 Å². The van der Waals surface area contributed by atoms with Gasteiger partial charge in [0.2, 0.25) is 0 Å². The lowest BCUT2D eigenvalue weighted by Crippen LogP contribution is -2.41. The molecule has 0 bridgehead atoms. The largest absolute Gasteiger partial charge is 0.442 e. The maximum atomic E-state index is 14.2. The number of amides is 1. The summed E-state index contributed by atoms with van der Waals surface area (Å²) in [6, 6.07) is 9.56. The van der Waals surface area contributed by atoms with E-state index >= 15 is 0 Å². The van der Waals surface area contributed by atoms with Crippen LogP contribution in [0, 0.1) is 17.2 Å². The topological polar surface area (TPSA) is 68.6 Å². The van der Waals surface area contributed by atoms with Gasteiger partial charge in [0.15, 0.2) is 0 Å². The van der Waals surface area contributed by atoms with E-state index in [1.165, 1.54) is 0 Å². The number of alkyl halides is 1. The fourth-order valence-corrected chi connectivity index (χ4v) is 3.56. The third-order valence-electron chi connectivity index (χ3n) is 5.01. The number of nitrogens with zero attached hydrogens (tertiary/aromatic N) is 3. The lowest BCUT2D eigenvalue weighted by atomic mass is 9.92. The molecule has 1 N–H and O–H groups in total. The third kappa shape index (κ3) is 4.66. The Hall–Kier alpha value is -2.40. The van der Waals surface area contributed by atoms with E-state index in [1.807, 2.05) is 29.2 Å². The minimum absolute atomic E-state index is 0.175. The number of thiocarbonyl (C=S) groups is 1. The number of anilines is 2. The van der Waals surface area contributed by atoms with Gasteiger partial charge in [-0.1, -0.05) is 12.2 Å². The molecule has 1 aromatic carbocycles. The molecule has 0 aliphatic carbocycles. The standard InChI is InChI=1S/C19H23FN4O2S/c1-13(27)22-10-17-11-24(19(25)26-17)16-4-2-15(3-5-16)23-9-7-14(6-8-21)18(20)12-23/h2-5,14,17-18H,6-7,9-12H2,1H3,(H,22,27)/t14?,17-,18?/m0/s1. The summed E-state index contributed by atoms with van der Waals surface area (Å²) in [6.45, 7) is 3.75. The number of rotatable bonds is 5. The fraction of sp³-hybridized carbons (Fsp3) is 0.526. The lowest BCUT2D eigenvalue weighted by Gasteiger charge is -2.35. The molecule has 2 fully saturated rings. The Balaban J connectivity index is 1.60. The zero-order valence-electron chi connectivity index (χ0n) is 15.2. The van der Waals surface area contributed by atoms with Crippen LogP contribution in [-0.2, 0) is 4.74 Å². The highest BCUT2D eigenvalue weighted by Crippen LogP contribution is 2.29. The number of halogens is 1. The highest BCUT2D eigenvalue weighted by Gasteiger charge is 2.33. The molecule has 2 aliphatic rings. The number of nitrogens with one attached hydrogen (secondary N) is 1. The Kier molecular flexibility index (Phi) is 6.11. The van der Waals surface area contributed by atoms with Crippen molar-refractivity contribution in [3.63, 3.8) is 0 Å². The summed E-state index contributed by atoms with van der Waals surface area (Å²) in [5.41, 5.74) is 1.67. The predicted molar refractivity (Wildman–Crippen MR) is 106 cm³/mol. The van der Waals surface area contributed by atoms with Crippen LogP contribution in [0.4, 0.5) is 20.6 Å². The van der Waals surface area contributed by atoms with Gasteiger partial charge in [-0.3, -0.25) is 4.90 Å². The van der Waals surface area contributed by atoms with Gasteiger partial charge in [-0.25, -0.2) is 9.18 Å². The summed E-state index contributed by atoms with van der Waals surface area (Å²) in [5.74, 6) is -0.175. The van der Waals surface area contributed by atoms with E-state index in [0.717, 1.165) is 17.9 Å². The first-order valence-electron chi connectivity index (χ1n) is 9.06. The van der Waals surface area contributed by atoms with E-state index in [-0.39, 0.29) is 24.5 Å². The molecule has 1 amide bonds. The van der Waals surface area contributed by atoms with Gasteiger partial charge in [-0.05, 0) is 37.6 Å². The van der Waals surface area contributed by atoms with Crippen molar-refractivity contribution in [3.8, 4) is 6.07 Å². The second-order valence-corrected chi connectivity index (χ2v) is 7.56. The van der Waals surface area contributed by atoms with Gasteiger partial charge in [0.05, 0.1) is 24.1 Å². The third-order valence-corrected chi connectivity index (χ3v) is 5.15. The number of carbonyl (C=O) groups is 1. The molecule has 2 unspecified atom stereocenters. The zero-order chi connectivity index (χ0) is 19.4. The number of cyclic esters (lactones) is 1. The molecule has 3 atom stereocenters. The number of hydrogen-bond donors (Lipinski definition) is 1. The molecular formula is C19H23FN4O2S. The van der Waals surface area contributed by atoms with Crippen LogP contribution in [0.1, 0.15) is 19.8 Å². The molecule has 2 saturated heterocycles. The maximum absolute atomic E-state index is 14.2. The van der Waals surface area contributed by atoms with Crippen LogP contribution < -0.4 is 15.1 Å². The first-order valence-corrected chi connectivity index (χ1v) is 9.47. The van der Waals surface area contributed by atoms with Crippen molar-refractivity contribution in [2.24, 2.45) is 5.92 Å². The van der Waals surface area contributed by atoms with Crippen molar-refractivity contribution < 1.29 is 13.9 Å². The first-order chi connectivity index (χ1) is 13.0. The number of ether oxygens (including phenoxy) is 1. The molecule has 0 aromatic heterocycles. The average Bonchev–Trinajstić information content (AvgIpc) is 3.03. The molecule has 8 heteroatoms. The molecule has 27 heavy (non-hydrogen) atoms. The van der Waals surface area contributed by atoms with E-state index in [1.54, 1.807) is 11.8 Å². The average molecular weight is 390 g/mol. The van der Waals surface area contributed by atoms with Crippen LogP contribution in [0.3, 0.4) is 0 Å².